The number of aromatic nitrogens is 3. The molecule has 0 saturated heterocycles. The monoisotopic (exact) mass is 271 g/mol. The molecule has 0 unspecified atom stereocenters. The van der Waals surface area contributed by atoms with Crippen molar-refractivity contribution >= 4 is 0 Å². The third-order valence-corrected chi connectivity index (χ3v) is 2.04. The molecule has 0 aliphatic heterocycles. The van der Waals surface area contributed by atoms with E-state index in [9.17, 15) is 8.78 Å². The van der Waals surface area contributed by atoms with Gasteiger partial charge < -0.3 is 14.0 Å². The molecule has 0 bridgehead atoms. The summed E-state index contributed by atoms with van der Waals surface area (Å²) in [5.41, 5.74) is 0.349. The van der Waals surface area contributed by atoms with Gasteiger partial charge in [-0.05, 0) is 6.07 Å². The Kier molecular flexibility index (Phi) is 4.35. The Morgan fingerprint density at radius 2 is 2.16 bits per heavy atom. The summed E-state index contributed by atoms with van der Waals surface area (Å²) < 4.78 is 38.7. The number of halogens is 2. The van der Waals surface area contributed by atoms with Crippen molar-refractivity contribution in [1.82, 2.24) is 15.1 Å². The van der Waals surface area contributed by atoms with Crippen molar-refractivity contribution in [2.45, 2.75) is 13.0 Å². The number of nitrogens with zero attached hydrogens (tertiary/aromatic N) is 3. The smallest absolute Gasteiger partial charge is 0.276 e. The fourth-order valence-corrected chi connectivity index (χ4v) is 1.31. The lowest BCUT2D eigenvalue weighted by Crippen LogP contribution is -2.08. The molecule has 102 valence electrons. The third kappa shape index (κ3) is 3.68. The zero-order valence-electron chi connectivity index (χ0n) is 10.0. The number of hydrogen-bond acceptors (Lipinski definition) is 6. The third-order valence-electron chi connectivity index (χ3n) is 2.04. The van der Waals surface area contributed by atoms with Crippen LogP contribution in [0.3, 0.4) is 0 Å². The van der Waals surface area contributed by atoms with Crippen LogP contribution in [0.15, 0.2) is 22.7 Å². The maximum atomic E-state index is 12.0. The van der Waals surface area contributed by atoms with Crippen molar-refractivity contribution in [3.8, 4) is 17.5 Å². The molecule has 0 aliphatic rings. The van der Waals surface area contributed by atoms with Gasteiger partial charge in [0.2, 0.25) is 5.88 Å². The summed E-state index contributed by atoms with van der Waals surface area (Å²) in [5.74, 6) is 0.622. The van der Waals surface area contributed by atoms with Gasteiger partial charge in [-0.25, -0.2) is 13.8 Å². The summed E-state index contributed by atoms with van der Waals surface area (Å²) in [5, 5.41) is 3.67. The molecule has 0 radical (unpaired) electrons. The first-order valence-corrected chi connectivity index (χ1v) is 5.39. The molecule has 0 atom stereocenters. The minimum Gasteiger partial charge on any atom is -0.472 e. The summed E-state index contributed by atoms with van der Waals surface area (Å²) >= 11 is 0. The lowest BCUT2D eigenvalue weighted by molar-refractivity contribution is 0.0796. The van der Waals surface area contributed by atoms with Crippen molar-refractivity contribution in [1.29, 1.82) is 0 Å². The van der Waals surface area contributed by atoms with Crippen molar-refractivity contribution in [2.75, 3.05) is 13.7 Å². The SMILES string of the molecule is COCc1noc(-c2cccc(OCC(F)F)n2)n1. The van der Waals surface area contributed by atoms with E-state index in [2.05, 4.69) is 15.1 Å². The van der Waals surface area contributed by atoms with Crippen LogP contribution in [0.4, 0.5) is 8.78 Å². The van der Waals surface area contributed by atoms with Crippen molar-refractivity contribution in [2.24, 2.45) is 0 Å². The first kappa shape index (κ1) is 13.3. The predicted octanol–water partition coefficient (Wildman–Crippen LogP) is 1.92. The zero-order chi connectivity index (χ0) is 13.7. The zero-order valence-corrected chi connectivity index (χ0v) is 10.0. The summed E-state index contributed by atoms with van der Waals surface area (Å²) in [4.78, 5) is 8.03. The summed E-state index contributed by atoms with van der Waals surface area (Å²) in [6.45, 7) is -0.500. The molecule has 19 heavy (non-hydrogen) atoms. The number of methoxy groups -OCH3 is 1. The van der Waals surface area contributed by atoms with Gasteiger partial charge in [-0.1, -0.05) is 11.2 Å². The van der Waals surface area contributed by atoms with Crippen LogP contribution in [0.25, 0.3) is 11.6 Å². The second-order valence-electron chi connectivity index (χ2n) is 3.51. The van der Waals surface area contributed by atoms with E-state index in [-0.39, 0.29) is 18.4 Å². The number of ether oxygens (including phenoxy) is 2. The molecular weight excluding hydrogens is 260 g/mol. The van der Waals surface area contributed by atoms with Gasteiger partial charge in [0.05, 0.1) is 0 Å². The van der Waals surface area contributed by atoms with Gasteiger partial charge in [-0.2, -0.15) is 4.98 Å². The molecule has 0 aromatic carbocycles. The highest BCUT2D eigenvalue weighted by Crippen LogP contribution is 2.18. The van der Waals surface area contributed by atoms with Gasteiger partial charge in [0.25, 0.3) is 12.3 Å². The van der Waals surface area contributed by atoms with E-state index in [4.69, 9.17) is 14.0 Å². The number of alkyl halides is 2. The van der Waals surface area contributed by atoms with Crippen LogP contribution in [0, 0.1) is 0 Å². The van der Waals surface area contributed by atoms with E-state index in [1.165, 1.54) is 13.2 Å². The average molecular weight is 271 g/mol. The normalized spacial score (nSPS) is 10.9. The summed E-state index contributed by atoms with van der Waals surface area (Å²) in [6, 6.07) is 4.68. The predicted molar refractivity (Wildman–Crippen MR) is 59.7 cm³/mol. The molecular formula is C11H11F2N3O3. The Bertz CT molecular complexity index is 533. The first-order valence-electron chi connectivity index (χ1n) is 5.39. The van der Waals surface area contributed by atoms with Crippen LogP contribution in [0.2, 0.25) is 0 Å². The Morgan fingerprint density at radius 3 is 2.89 bits per heavy atom. The number of pyridine rings is 1. The lowest BCUT2D eigenvalue weighted by Gasteiger charge is -2.04. The molecule has 0 spiro atoms. The van der Waals surface area contributed by atoms with Gasteiger partial charge in [0.1, 0.15) is 12.3 Å². The van der Waals surface area contributed by atoms with E-state index in [0.717, 1.165) is 0 Å². The maximum Gasteiger partial charge on any atom is 0.276 e. The van der Waals surface area contributed by atoms with Crippen LogP contribution in [-0.2, 0) is 11.3 Å². The van der Waals surface area contributed by atoms with Crippen LogP contribution in [-0.4, -0.2) is 35.3 Å². The second-order valence-corrected chi connectivity index (χ2v) is 3.51. The largest absolute Gasteiger partial charge is 0.472 e. The molecule has 0 N–H and O–H groups in total. The van der Waals surface area contributed by atoms with Gasteiger partial charge in [-0.3, -0.25) is 0 Å². The molecule has 2 aromatic heterocycles. The highest BCUT2D eigenvalue weighted by molar-refractivity contribution is 5.47. The minimum absolute atomic E-state index is 0.0734. The van der Waals surface area contributed by atoms with Gasteiger partial charge in [0, 0.05) is 13.2 Å². The van der Waals surface area contributed by atoms with Crippen LogP contribution in [0.1, 0.15) is 5.82 Å². The second kappa shape index (κ2) is 6.19. The van der Waals surface area contributed by atoms with E-state index < -0.39 is 13.0 Å². The Morgan fingerprint density at radius 1 is 1.32 bits per heavy atom. The van der Waals surface area contributed by atoms with E-state index >= 15 is 0 Å². The topological polar surface area (TPSA) is 70.3 Å². The molecule has 2 rings (SSSR count). The first-order chi connectivity index (χ1) is 9.19. The molecule has 0 saturated carbocycles. The fraction of sp³-hybridized carbons (Fsp3) is 0.364. The standard InChI is InChI=1S/C11H11F2N3O3/c1-17-6-9-15-11(19-16-9)7-3-2-4-10(14-7)18-5-8(12)13/h2-4,8H,5-6H2,1H3. The minimum atomic E-state index is -2.55. The van der Waals surface area contributed by atoms with Crippen molar-refractivity contribution in [3.05, 3.63) is 24.0 Å². The maximum absolute atomic E-state index is 12.0. The highest BCUT2D eigenvalue weighted by atomic mass is 19.3. The fourth-order valence-electron chi connectivity index (χ4n) is 1.31. The molecule has 2 aromatic rings. The lowest BCUT2D eigenvalue weighted by atomic mass is 10.3. The molecule has 2 heterocycles. The van der Waals surface area contributed by atoms with Gasteiger partial charge >= 0.3 is 0 Å². The Balaban J connectivity index is 2.12. The van der Waals surface area contributed by atoms with E-state index in [1.54, 1.807) is 12.1 Å². The summed E-state index contributed by atoms with van der Waals surface area (Å²) in [7, 11) is 1.51. The van der Waals surface area contributed by atoms with Gasteiger partial charge in [-0.15, -0.1) is 0 Å². The van der Waals surface area contributed by atoms with Crippen molar-refractivity contribution in [3.63, 3.8) is 0 Å². The molecule has 0 amide bonds. The number of hydrogen-bond donors (Lipinski definition) is 0. The van der Waals surface area contributed by atoms with Crippen LogP contribution in [0.5, 0.6) is 5.88 Å². The molecule has 0 fully saturated rings. The molecule has 6 nitrogen and oxygen atoms in total. The molecule has 8 heteroatoms. The Hall–Kier alpha value is -2.09. The van der Waals surface area contributed by atoms with Crippen LogP contribution >= 0.6 is 0 Å². The van der Waals surface area contributed by atoms with E-state index in [0.29, 0.717) is 11.5 Å². The van der Waals surface area contributed by atoms with Crippen molar-refractivity contribution < 1.29 is 22.8 Å². The molecule has 0 aliphatic carbocycles. The van der Waals surface area contributed by atoms with Crippen LogP contribution < -0.4 is 4.74 Å². The van der Waals surface area contributed by atoms with E-state index in [1.807, 2.05) is 0 Å². The van der Waals surface area contributed by atoms with Gasteiger partial charge in [0.15, 0.2) is 12.4 Å². The quantitative estimate of drug-likeness (QED) is 0.799. The Labute approximate surface area is 107 Å². The highest BCUT2D eigenvalue weighted by Gasteiger charge is 2.11. The average Bonchev–Trinajstić information content (AvgIpc) is 2.86. The number of rotatable bonds is 6. The summed E-state index contributed by atoms with van der Waals surface area (Å²) in [6.07, 6.45) is -2.55.